The molecular formula is C31H34ClNO4. The number of amides is 1. The number of carbonyl (C=O) groups is 2. The first-order chi connectivity index (χ1) is 17.7. The molecule has 0 aromatic heterocycles. The normalized spacial score (nSPS) is 13.4. The summed E-state index contributed by atoms with van der Waals surface area (Å²) in [4.78, 5) is 25.8. The fraction of sp³-hybridized carbons (Fsp3) is 0.355. The zero-order chi connectivity index (χ0) is 26.6. The molecule has 0 spiro atoms. The molecule has 5 nitrogen and oxygen atoms in total. The van der Waals surface area contributed by atoms with E-state index in [0.29, 0.717) is 17.9 Å². The van der Waals surface area contributed by atoms with Crippen molar-refractivity contribution in [3.8, 4) is 11.1 Å². The summed E-state index contributed by atoms with van der Waals surface area (Å²) in [7, 11) is 0. The van der Waals surface area contributed by atoms with Gasteiger partial charge in [-0.1, -0.05) is 79.2 Å². The molecule has 1 unspecified atom stereocenters. The molecule has 1 N–H and O–H groups in total. The maximum atomic E-state index is 13.0. The smallest absolute Gasteiger partial charge is 0.407 e. The molecule has 0 fully saturated rings. The van der Waals surface area contributed by atoms with Crippen LogP contribution in [0.5, 0.6) is 0 Å². The third kappa shape index (κ3) is 6.53. The van der Waals surface area contributed by atoms with Crippen LogP contribution in [0.4, 0.5) is 4.79 Å². The van der Waals surface area contributed by atoms with Crippen molar-refractivity contribution in [3.05, 3.63) is 94.0 Å². The molecule has 0 aliphatic heterocycles. The Kier molecular flexibility index (Phi) is 8.23. The second-order valence-electron chi connectivity index (χ2n) is 10.4. The van der Waals surface area contributed by atoms with Crippen molar-refractivity contribution in [3.63, 3.8) is 0 Å². The maximum absolute atomic E-state index is 13.0. The first kappa shape index (κ1) is 26.7. The number of fused-ring (bicyclic) bond motifs is 3. The van der Waals surface area contributed by atoms with Crippen LogP contribution in [0.1, 0.15) is 62.3 Å². The summed E-state index contributed by atoms with van der Waals surface area (Å²) >= 11 is 6.37. The van der Waals surface area contributed by atoms with Gasteiger partial charge in [-0.3, -0.25) is 0 Å². The van der Waals surface area contributed by atoms with E-state index in [9.17, 15) is 9.59 Å². The van der Waals surface area contributed by atoms with Gasteiger partial charge in [0.2, 0.25) is 0 Å². The van der Waals surface area contributed by atoms with Crippen LogP contribution < -0.4 is 5.32 Å². The summed E-state index contributed by atoms with van der Waals surface area (Å²) in [6, 6.07) is 21.4. The van der Waals surface area contributed by atoms with Crippen LogP contribution in [0.25, 0.3) is 11.1 Å². The highest BCUT2D eigenvalue weighted by Gasteiger charge is 2.31. The zero-order valence-corrected chi connectivity index (χ0v) is 22.6. The molecule has 0 saturated heterocycles. The molecule has 37 heavy (non-hydrogen) atoms. The Balaban J connectivity index is 1.43. The van der Waals surface area contributed by atoms with E-state index in [4.69, 9.17) is 21.1 Å². The molecule has 0 saturated carbocycles. The Hall–Kier alpha value is -3.31. The molecule has 3 aromatic rings. The van der Waals surface area contributed by atoms with Crippen LogP contribution in [0.15, 0.2) is 66.7 Å². The monoisotopic (exact) mass is 519 g/mol. The fourth-order valence-corrected chi connectivity index (χ4v) is 5.09. The van der Waals surface area contributed by atoms with Crippen LogP contribution >= 0.6 is 11.6 Å². The van der Waals surface area contributed by atoms with E-state index in [1.165, 1.54) is 0 Å². The molecule has 4 rings (SSSR count). The van der Waals surface area contributed by atoms with Gasteiger partial charge < -0.3 is 14.8 Å². The average molecular weight is 520 g/mol. The maximum Gasteiger partial charge on any atom is 0.407 e. The number of halogens is 1. The number of esters is 1. The molecule has 0 radical (unpaired) electrons. The standard InChI is InChI=1S/C31H34ClNO4/c1-5-21-16-14-20(18-27(21)32)15-17-28(29(34)37-31(2,3)4)33-30(35)36-19-26-24-12-8-6-10-22(24)23-11-7-9-13-25(23)26/h6-14,16,18,26,28H,5,15,17,19H2,1-4H3,(H,33,35). The Morgan fingerprint density at radius 3 is 2.16 bits per heavy atom. The van der Waals surface area contributed by atoms with Gasteiger partial charge in [-0.05, 0) is 79.5 Å². The first-order valence-corrected chi connectivity index (χ1v) is 13.2. The highest BCUT2D eigenvalue weighted by atomic mass is 35.5. The molecule has 0 heterocycles. The number of rotatable bonds is 8. The predicted octanol–water partition coefficient (Wildman–Crippen LogP) is 7.08. The number of ether oxygens (including phenoxy) is 2. The van der Waals surface area contributed by atoms with Crippen molar-refractivity contribution in [1.82, 2.24) is 5.32 Å². The lowest BCUT2D eigenvalue weighted by Crippen LogP contribution is -2.45. The van der Waals surface area contributed by atoms with Crippen LogP contribution in [-0.4, -0.2) is 30.3 Å². The van der Waals surface area contributed by atoms with Crippen LogP contribution in [0.2, 0.25) is 5.02 Å². The lowest BCUT2D eigenvalue weighted by atomic mass is 9.98. The van der Waals surface area contributed by atoms with Crippen molar-refractivity contribution in [2.24, 2.45) is 0 Å². The number of hydrogen-bond donors (Lipinski definition) is 1. The minimum atomic E-state index is -0.848. The molecule has 194 valence electrons. The van der Waals surface area contributed by atoms with E-state index < -0.39 is 23.7 Å². The summed E-state index contributed by atoms with van der Waals surface area (Å²) in [5.74, 6) is -0.547. The number of carbonyl (C=O) groups excluding carboxylic acids is 2. The quantitative estimate of drug-likeness (QED) is 0.323. The zero-order valence-electron chi connectivity index (χ0n) is 21.8. The Morgan fingerprint density at radius 2 is 1.59 bits per heavy atom. The van der Waals surface area contributed by atoms with Gasteiger partial charge in [0, 0.05) is 10.9 Å². The molecule has 1 amide bonds. The fourth-order valence-electron chi connectivity index (χ4n) is 4.75. The summed E-state index contributed by atoms with van der Waals surface area (Å²) in [6.45, 7) is 7.64. The van der Waals surface area contributed by atoms with Gasteiger partial charge in [0.15, 0.2) is 0 Å². The van der Waals surface area contributed by atoms with Gasteiger partial charge in [0.1, 0.15) is 18.2 Å². The number of alkyl carbamates (subject to hydrolysis) is 1. The number of nitrogens with one attached hydrogen (secondary N) is 1. The number of hydrogen-bond acceptors (Lipinski definition) is 4. The van der Waals surface area contributed by atoms with Gasteiger partial charge in [-0.15, -0.1) is 0 Å². The summed E-state index contributed by atoms with van der Waals surface area (Å²) in [6.07, 6.45) is 1.12. The van der Waals surface area contributed by atoms with Crippen molar-refractivity contribution < 1.29 is 19.1 Å². The summed E-state index contributed by atoms with van der Waals surface area (Å²) < 4.78 is 11.3. The Morgan fingerprint density at radius 1 is 0.973 bits per heavy atom. The van der Waals surface area contributed by atoms with Crippen LogP contribution in [-0.2, 0) is 27.1 Å². The molecular weight excluding hydrogens is 486 g/mol. The van der Waals surface area contributed by atoms with Gasteiger partial charge in [-0.25, -0.2) is 9.59 Å². The molecule has 1 atom stereocenters. The number of aryl methyl sites for hydroxylation is 2. The highest BCUT2D eigenvalue weighted by molar-refractivity contribution is 6.31. The van der Waals surface area contributed by atoms with Crippen molar-refractivity contribution in [1.29, 1.82) is 0 Å². The third-order valence-corrected chi connectivity index (χ3v) is 6.90. The van der Waals surface area contributed by atoms with Crippen molar-refractivity contribution in [2.75, 3.05) is 6.61 Å². The summed E-state index contributed by atoms with van der Waals surface area (Å²) in [5.41, 5.74) is 5.97. The lowest BCUT2D eigenvalue weighted by molar-refractivity contribution is -0.157. The highest BCUT2D eigenvalue weighted by Crippen LogP contribution is 2.44. The lowest BCUT2D eigenvalue weighted by Gasteiger charge is -2.25. The minimum absolute atomic E-state index is 0.0580. The predicted molar refractivity (Wildman–Crippen MR) is 147 cm³/mol. The van der Waals surface area contributed by atoms with Gasteiger partial charge in [-0.2, -0.15) is 0 Å². The third-order valence-electron chi connectivity index (χ3n) is 6.55. The van der Waals surface area contributed by atoms with Crippen molar-refractivity contribution in [2.45, 2.75) is 64.5 Å². The van der Waals surface area contributed by atoms with Gasteiger partial charge >= 0.3 is 12.1 Å². The molecule has 6 heteroatoms. The van der Waals surface area contributed by atoms with Gasteiger partial charge in [0.25, 0.3) is 0 Å². The number of benzene rings is 3. The second-order valence-corrected chi connectivity index (χ2v) is 10.8. The van der Waals surface area contributed by atoms with Crippen LogP contribution in [0, 0.1) is 0 Å². The van der Waals surface area contributed by atoms with Crippen molar-refractivity contribution >= 4 is 23.7 Å². The first-order valence-electron chi connectivity index (χ1n) is 12.8. The SMILES string of the molecule is CCc1ccc(CCC(NC(=O)OCC2c3ccccc3-c3ccccc32)C(=O)OC(C)(C)C)cc1Cl. The van der Waals surface area contributed by atoms with Gasteiger partial charge in [0.05, 0.1) is 0 Å². The molecule has 1 aliphatic rings. The molecule has 3 aromatic carbocycles. The van der Waals surface area contributed by atoms with E-state index >= 15 is 0 Å². The van der Waals surface area contributed by atoms with E-state index in [1.54, 1.807) is 20.8 Å². The van der Waals surface area contributed by atoms with Crippen LogP contribution in [0.3, 0.4) is 0 Å². The largest absolute Gasteiger partial charge is 0.458 e. The second kappa shape index (κ2) is 11.4. The Labute approximate surface area is 224 Å². The van der Waals surface area contributed by atoms with E-state index in [1.807, 2.05) is 42.5 Å². The topological polar surface area (TPSA) is 64.6 Å². The summed E-state index contributed by atoms with van der Waals surface area (Å²) in [5, 5.41) is 3.46. The molecule has 0 bridgehead atoms. The molecule has 1 aliphatic carbocycles. The van der Waals surface area contributed by atoms with E-state index in [0.717, 1.165) is 39.8 Å². The van der Waals surface area contributed by atoms with E-state index in [-0.39, 0.29) is 12.5 Å². The average Bonchev–Trinajstić information content (AvgIpc) is 3.18. The Bertz CT molecular complexity index is 1230. The van der Waals surface area contributed by atoms with E-state index in [2.05, 4.69) is 36.5 Å². The minimum Gasteiger partial charge on any atom is -0.458 e.